The maximum Gasteiger partial charge on any atom is 0.336 e. The van der Waals surface area contributed by atoms with Crippen LogP contribution in [0, 0.1) is 12.8 Å². The number of fused-ring (bicyclic) bond motifs is 1. The lowest BCUT2D eigenvalue weighted by Crippen LogP contribution is -2.51. The van der Waals surface area contributed by atoms with Crippen LogP contribution in [-0.2, 0) is 30.4 Å². The minimum absolute atomic E-state index is 0.00438. The van der Waals surface area contributed by atoms with Gasteiger partial charge in [0.1, 0.15) is 11.6 Å². The van der Waals surface area contributed by atoms with Crippen molar-refractivity contribution in [2.24, 2.45) is 5.92 Å². The molecule has 2 rings (SSSR count). The van der Waals surface area contributed by atoms with Crippen LogP contribution in [0.25, 0.3) is 11.0 Å². The summed E-state index contributed by atoms with van der Waals surface area (Å²) in [7, 11) is 0. The average Bonchev–Trinajstić information content (AvgIpc) is 2.84. The van der Waals surface area contributed by atoms with Crippen molar-refractivity contribution < 1.29 is 28.4 Å². The molecule has 1 aromatic carbocycles. The molecule has 4 N–H and O–H groups in total. The lowest BCUT2D eigenvalue weighted by Gasteiger charge is -2.21. The highest BCUT2D eigenvalue weighted by atomic mass is 16.4. The van der Waals surface area contributed by atoms with Gasteiger partial charge in [-0.25, -0.2) is 4.79 Å². The lowest BCUT2D eigenvalue weighted by atomic mass is 9.98. The fourth-order valence-corrected chi connectivity index (χ4v) is 4.34. The highest BCUT2D eigenvalue weighted by Gasteiger charge is 2.24. The van der Waals surface area contributed by atoms with Crippen molar-refractivity contribution in [2.45, 2.75) is 78.8 Å². The first-order valence-electron chi connectivity index (χ1n) is 13.5. The van der Waals surface area contributed by atoms with E-state index in [2.05, 4.69) is 21.3 Å². The second-order valence-electron chi connectivity index (χ2n) is 10.4. The van der Waals surface area contributed by atoms with Gasteiger partial charge in [0, 0.05) is 38.3 Å². The molecular weight excluding hydrogens is 516 g/mol. The van der Waals surface area contributed by atoms with E-state index in [0.717, 1.165) is 10.9 Å². The molecule has 0 fully saturated rings. The van der Waals surface area contributed by atoms with Gasteiger partial charge in [0.15, 0.2) is 5.78 Å². The molecule has 0 saturated heterocycles. The maximum atomic E-state index is 13.3. The Morgan fingerprint density at radius 3 is 2.27 bits per heavy atom. The van der Waals surface area contributed by atoms with Crippen LogP contribution >= 0.6 is 0 Å². The van der Waals surface area contributed by atoms with Crippen LogP contribution in [0.2, 0.25) is 0 Å². The number of Topliss-reactive ketones (excluding diaryl/α,β-unsaturated/α-hetero) is 1. The van der Waals surface area contributed by atoms with E-state index in [9.17, 15) is 28.8 Å². The summed E-state index contributed by atoms with van der Waals surface area (Å²) in [5.74, 6) is -1.62. The van der Waals surface area contributed by atoms with Gasteiger partial charge in [0.25, 0.3) is 0 Å². The topological polar surface area (TPSA) is 164 Å². The second-order valence-corrected chi connectivity index (χ2v) is 10.4. The maximum absolute atomic E-state index is 13.3. The van der Waals surface area contributed by atoms with Crippen molar-refractivity contribution in [2.75, 3.05) is 13.1 Å². The number of carbonyl (C=O) groups is 5. The van der Waals surface area contributed by atoms with Crippen molar-refractivity contribution in [1.82, 2.24) is 21.3 Å². The molecule has 0 radical (unpaired) electrons. The predicted octanol–water partition coefficient (Wildman–Crippen LogP) is 1.67. The lowest BCUT2D eigenvalue weighted by molar-refractivity contribution is -0.131. The molecule has 2 aromatic rings. The van der Waals surface area contributed by atoms with E-state index in [1.54, 1.807) is 25.1 Å². The van der Waals surface area contributed by atoms with Gasteiger partial charge < -0.3 is 25.7 Å². The van der Waals surface area contributed by atoms with Crippen LogP contribution in [-0.4, -0.2) is 54.6 Å². The Hall–Kier alpha value is -4.02. The summed E-state index contributed by atoms with van der Waals surface area (Å²) in [5, 5.41) is 11.3. The molecule has 40 heavy (non-hydrogen) atoms. The third-order valence-corrected chi connectivity index (χ3v) is 6.24. The van der Waals surface area contributed by atoms with Gasteiger partial charge >= 0.3 is 5.63 Å². The number of carbonyl (C=O) groups excluding carboxylic acids is 5. The standard InChI is InChI=1S/C29H40N4O7/c1-17(2)12-24(32-20(5)35)29(39)31-16-27(37)33-23(8-6-7-11-30-19(4)34)25(36)14-21-9-10-22-18(3)13-28(38)40-26(22)15-21/h9-10,13,15,17,23-24H,6-8,11-12,14,16H2,1-5H3,(H,30,34)(H,31,39)(H,32,35)(H,33,37)/t23-,24-/m0/s1. The van der Waals surface area contributed by atoms with Crippen molar-refractivity contribution in [3.05, 3.63) is 45.8 Å². The van der Waals surface area contributed by atoms with Crippen LogP contribution < -0.4 is 26.9 Å². The van der Waals surface area contributed by atoms with Gasteiger partial charge in [-0.1, -0.05) is 26.0 Å². The monoisotopic (exact) mass is 556 g/mol. The Labute approximate surface area is 233 Å². The summed E-state index contributed by atoms with van der Waals surface area (Å²) in [4.78, 5) is 73.0. The van der Waals surface area contributed by atoms with Gasteiger partial charge in [-0.15, -0.1) is 0 Å². The van der Waals surface area contributed by atoms with Gasteiger partial charge in [-0.2, -0.15) is 0 Å². The Morgan fingerprint density at radius 1 is 0.900 bits per heavy atom. The molecule has 0 saturated carbocycles. The van der Waals surface area contributed by atoms with E-state index < -0.39 is 29.5 Å². The number of ketones is 1. The third kappa shape index (κ3) is 11.0. The highest BCUT2D eigenvalue weighted by Crippen LogP contribution is 2.19. The van der Waals surface area contributed by atoms with Gasteiger partial charge in [0.05, 0.1) is 12.6 Å². The molecule has 218 valence electrons. The number of hydrogen-bond acceptors (Lipinski definition) is 7. The van der Waals surface area contributed by atoms with Crippen molar-refractivity contribution >= 4 is 40.4 Å². The Balaban J connectivity index is 2.08. The Morgan fingerprint density at radius 2 is 1.62 bits per heavy atom. The van der Waals surface area contributed by atoms with Crippen LogP contribution in [0.4, 0.5) is 0 Å². The first kappa shape index (κ1) is 32.2. The van der Waals surface area contributed by atoms with E-state index in [0.29, 0.717) is 43.4 Å². The molecule has 0 unspecified atom stereocenters. The smallest absolute Gasteiger partial charge is 0.336 e. The van der Waals surface area contributed by atoms with Crippen LogP contribution in [0.3, 0.4) is 0 Å². The summed E-state index contributed by atoms with van der Waals surface area (Å²) in [5.41, 5.74) is 1.30. The quantitative estimate of drug-likeness (QED) is 0.191. The molecule has 1 aromatic heterocycles. The fraction of sp³-hybridized carbons (Fsp3) is 0.517. The molecule has 0 aliphatic heterocycles. The van der Waals surface area contributed by atoms with Crippen molar-refractivity contribution in [3.63, 3.8) is 0 Å². The highest BCUT2D eigenvalue weighted by molar-refractivity contribution is 5.94. The first-order chi connectivity index (χ1) is 18.8. The number of benzene rings is 1. The SMILES string of the molecule is CC(=O)NCCCC[C@H](NC(=O)CNC(=O)[C@H](CC(C)C)NC(C)=O)C(=O)Cc1ccc2c(C)cc(=O)oc2c1. The average molecular weight is 557 g/mol. The molecule has 0 spiro atoms. The molecule has 2 atom stereocenters. The third-order valence-electron chi connectivity index (χ3n) is 6.24. The zero-order valence-electron chi connectivity index (χ0n) is 23.8. The van der Waals surface area contributed by atoms with E-state index in [1.807, 2.05) is 13.8 Å². The fourth-order valence-electron chi connectivity index (χ4n) is 4.34. The Bertz CT molecular complexity index is 1280. The van der Waals surface area contributed by atoms with E-state index in [-0.39, 0.29) is 36.5 Å². The molecule has 11 heteroatoms. The first-order valence-corrected chi connectivity index (χ1v) is 13.5. The van der Waals surface area contributed by atoms with Crippen molar-refractivity contribution in [1.29, 1.82) is 0 Å². The molecule has 0 aliphatic rings. The normalized spacial score (nSPS) is 12.4. The zero-order chi connectivity index (χ0) is 29.8. The van der Waals surface area contributed by atoms with E-state index >= 15 is 0 Å². The largest absolute Gasteiger partial charge is 0.423 e. The number of rotatable bonds is 15. The van der Waals surface area contributed by atoms with Crippen LogP contribution in [0.1, 0.15) is 64.5 Å². The summed E-state index contributed by atoms with van der Waals surface area (Å²) in [6, 6.07) is 5.01. The Kier molecular flexibility index (Phi) is 12.5. The van der Waals surface area contributed by atoms with Crippen LogP contribution in [0.5, 0.6) is 0 Å². The summed E-state index contributed by atoms with van der Waals surface area (Å²) in [6.07, 6.45) is 1.92. The predicted molar refractivity (Wildman–Crippen MR) is 150 cm³/mol. The van der Waals surface area contributed by atoms with Gasteiger partial charge in [-0.05, 0) is 55.7 Å². The molecule has 0 bridgehead atoms. The summed E-state index contributed by atoms with van der Waals surface area (Å²) in [6.45, 7) is 8.47. The number of nitrogens with one attached hydrogen (secondary N) is 4. The molecule has 4 amide bonds. The minimum atomic E-state index is -0.830. The summed E-state index contributed by atoms with van der Waals surface area (Å²) < 4.78 is 5.28. The number of unbranched alkanes of at least 4 members (excludes halogenated alkanes) is 1. The van der Waals surface area contributed by atoms with Gasteiger partial charge in [0.2, 0.25) is 23.6 Å². The molecule has 0 aliphatic carbocycles. The van der Waals surface area contributed by atoms with Gasteiger partial charge in [-0.3, -0.25) is 24.0 Å². The van der Waals surface area contributed by atoms with E-state index in [4.69, 9.17) is 4.42 Å². The van der Waals surface area contributed by atoms with E-state index in [1.165, 1.54) is 19.9 Å². The number of amides is 4. The molecular formula is C29H40N4O7. The molecule has 11 nitrogen and oxygen atoms in total. The second kappa shape index (κ2) is 15.5. The zero-order valence-corrected chi connectivity index (χ0v) is 23.8. The number of aryl methyl sites for hydroxylation is 1. The summed E-state index contributed by atoms with van der Waals surface area (Å²) >= 11 is 0. The van der Waals surface area contributed by atoms with Crippen molar-refractivity contribution in [3.8, 4) is 0 Å². The number of hydrogen-bond donors (Lipinski definition) is 4. The van der Waals surface area contributed by atoms with Crippen LogP contribution in [0.15, 0.2) is 33.5 Å². The minimum Gasteiger partial charge on any atom is -0.423 e. The molecule has 1 heterocycles.